The third-order valence-electron chi connectivity index (χ3n) is 3.27. The molecule has 0 fully saturated rings. The molecule has 0 aliphatic heterocycles. The van der Waals surface area contributed by atoms with E-state index in [1.54, 1.807) is 4.52 Å². The lowest BCUT2D eigenvalue weighted by atomic mass is 10.1. The van der Waals surface area contributed by atoms with Gasteiger partial charge in [0.1, 0.15) is 0 Å². The normalized spacial score (nSPS) is 12.6. The third kappa shape index (κ3) is 2.47. The van der Waals surface area contributed by atoms with Crippen molar-refractivity contribution in [1.29, 1.82) is 0 Å². The second-order valence-electron chi connectivity index (χ2n) is 4.81. The van der Waals surface area contributed by atoms with Crippen molar-refractivity contribution < 1.29 is 0 Å². The van der Waals surface area contributed by atoms with Crippen LogP contribution in [0.5, 0.6) is 0 Å². The van der Waals surface area contributed by atoms with Crippen molar-refractivity contribution in [2.24, 2.45) is 0 Å². The summed E-state index contributed by atoms with van der Waals surface area (Å²) >= 11 is 5.90. The van der Waals surface area contributed by atoms with Crippen molar-refractivity contribution in [3.05, 3.63) is 58.7 Å². The van der Waals surface area contributed by atoms with Crippen molar-refractivity contribution in [3.8, 4) is 0 Å². The number of anilines is 1. The number of halogens is 1. The number of nitrogens with one attached hydrogen (secondary N) is 1. The minimum absolute atomic E-state index is 0.116. The molecule has 2 heterocycles. The minimum atomic E-state index is 0.116. The molecule has 3 aromatic rings. The zero-order valence-electron chi connectivity index (χ0n) is 11.3. The first-order valence-electron chi connectivity index (χ1n) is 6.47. The van der Waals surface area contributed by atoms with Crippen molar-refractivity contribution in [2.45, 2.75) is 19.9 Å². The van der Waals surface area contributed by atoms with Gasteiger partial charge in [-0.15, -0.1) is 5.10 Å². The molecule has 1 aromatic carbocycles. The molecule has 0 saturated carbocycles. The molecule has 0 aliphatic carbocycles. The predicted octanol–water partition coefficient (Wildman–Crippen LogP) is 3.86. The molecule has 0 bridgehead atoms. The molecular weight excluding hydrogens is 272 g/mol. The molecule has 4 nitrogen and oxygen atoms in total. The second-order valence-corrected chi connectivity index (χ2v) is 5.25. The van der Waals surface area contributed by atoms with Crippen LogP contribution in [0.1, 0.15) is 24.1 Å². The summed E-state index contributed by atoms with van der Waals surface area (Å²) in [7, 11) is 0. The van der Waals surface area contributed by atoms with Crippen molar-refractivity contribution in [2.75, 3.05) is 5.32 Å². The summed E-state index contributed by atoms with van der Waals surface area (Å²) < 4.78 is 1.78. The van der Waals surface area contributed by atoms with E-state index in [0.29, 0.717) is 5.95 Å². The molecule has 5 heteroatoms. The van der Waals surface area contributed by atoms with Crippen LogP contribution in [-0.2, 0) is 0 Å². The topological polar surface area (TPSA) is 42.2 Å². The SMILES string of the molecule is Cc1cccn2nc(NC(C)c3ccc(Cl)cc3)nc12. The molecule has 1 unspecified atom stereocenters. The van der Waals surface area contributed by atoms with Crippen LogP contribution in [0.15, 0.2) is 42.6 Å². The number of rotatable bonds is 3. The summed E-state index contributed by atoms with van der Waals surface area (Å²) in [6.45, 7) is 4.10. The van der Waals surface area contributed by atoms with Crippen LogP contribution < -0.4 is 5.32 Å². The van der Waals surface area contributed by atoms with Crippen LogP contribution in [0.4, 0.5) is 5.95 Å². The number of aromatic nitrogens is 3. The zero-order valence-corrected chi connectivity index (χ0v) is 12.1. The van der Waals surface area contributed by atoms with E-state index in [9.17, 15) is 0 Å². The summed E-state index contributed by atoms with van der Waals surface area (Å²) in [4.78, 5) is 4.51. The summed E-state index contributed by atoms with van der Waals surface area (Å²) in [5, 5.41) is 8.47. The number of fused-ring (bicyclic) bond motifs is 1. The summed E-state index contributed by atoms with van der Waals surface area (Å²) in [6, 6.07) is 11.9. The van der Waals surface area contributed by atoms with Gasteiger partial charge in [0.15, 0.2) is 5.65 Å². The van der Waals surface area contributed by atoms with Crippen LogP contribution >= 0.6 is 11.6 Å². The largest absolute Gasteiger partial charge is 0.346 e. The van der Waals surface area contributed by atoms with Gasteiger partial charge in [-0.25, -0.2) is 4.52 Å². The lowest BCUT2D eigenvalue weighted by Gasteiger charge is -2.12. The lowest BCUT2D eigenvalue weighted by molar-refractivity contribution is 0.852. The predicted molar refractivity (Wildman–Crippen MR) is 81.2 cm³/mol. The lowest BCUT2D eigenvalue weighted by Crippen LogP contribution is -2.07. The molecule has 0 saturated heterocycles. The fourth-order valence-corrected chi connectivity index (χ4v) is 2.26. The Hall–Kier alpha value is -2.07. The third-order valence-corrected chi connectivity index (χ3v) is 3.53. The Balaban J connectivity index is 1.85. The molecular formula is C15H15ClN4. The zero-order chi connectivity index (χ0) is 14.1. The van der Waals surface area contributed by atoms with Gasteiger partial charge in [-0.3, -0.25) is 0 Å². The average molecular weight is 287 g/mol. The molecule has 1 atom stereocenters. The standard InChI is InChI=1S/C15H15ClN4/c1-10-4-3-9-20-14(10)18-15(19-20)17-11(2)12-5-7-13(16)8-6-12/h3-9,11H,1-2H3,(H,17,19). The summed E-state index contributed by atoms with van der Waals surface area (Å²) in [5.74, 6) is 0.627. The molecule has 0 radical (unpaired) electrons. The van der Waals surface area contributed by atoms with Gasteiger partial charge in [-0.1, -0.05) is 29.8 Å². The van der Waals surface area contributed by atoms with Crippen LogP contribution in [0, 0.1) is 6.92 Å². The van der Waals surface area contributed by atoms with E-state index in [2.05, 4.69) is 22.3 Å². The Kier molecular flexibility index (Phi) is 3.32. The average Bonchev–Trinajstić information content (AvgIpc) is 2.83. The van der Waals surface area contributed by atoms with Gasteiger partial charge >= 0.3 is 0 Å². The Morgan fingerprint density at radius 1 is 1.20 bits per heavy atom. The number of hydrogen-bond donors (Lipinski definition) is 1. The van der Waals surface area contributed by atoms with Crippen LogP contribution in [0.2, 0.25) is 5.02 Å². The van der Waals surface area contributed by atoms with Crippen LogP contribution in [0.25, 0.3) is 5.65 Å². The Labute approximate surface area is 122 Å². The summed E-state index contributed by atoms with van der Waals surface area (Å²) in [5.41, 5.74) is 3.12. The molecule has 1 N–H and O–H groups in total. The fourth-order valence-electron chi connectivity index (χ4n) is 2.13. The first kappa shape index (κ1) is 12.9. The van der Waals surface area contributed by atoms with E-state index >= 15 is 0 Å². The highest BCUT2D eigenvalue weighted by Crippen LogP contribution is 2.20. The highest BCUT2D eigenvalue weighted by molar-refractivity contribution is 6.30. The van der Waals surface area contributed by atoms with Crippen molar-refractivity contribution in [1.82, 2.24) is 14.6 Å². The summed E-state index contributed by atoms with van der Waals surface area (Å²) in [6.07, 6.45) is 1.90. The van der Waals surface area contributed by atoms with Gasteiger partial charge in [0, 0.05) is 11.2 Å². The first-order valence-corrected chi connectivity index (χ1v) is 6.85. The smallest absolute Gasteiger partial charge is 0.243 e. The van der Waals surface area contributed by atoms with E-state index in [-0.39, 0.29) is 6.04 Å². The maximum Gasteiger partial charge on any atom is 0.243 e. The number of aryl methyl sites for hydroxylation is 1. The Morgan fingerprint density at radius 3 is 2.65 bits per heavy atom. The molecule has 2 aromatic heterocycles. The van der Waals surface area contributed by atoms with E-state index in [1.807, 2.05) is 49.5 Å². The van der Waals surface area contributed by atoms with E-state index in [4.69, 9.17) is 11.6 Å². The monoisotopic (exact) mass is 286 g/mol. The Morgan fingerprint density at radius 2 is 1.95 bits per heavy atom. The minimum Gasteiger partial charge on any atom is -0.346 e. The van der Waals surface area contributed by atoms with Crippen molar-refractivity contribution >= 4 is 23.2 Å². The number of nitrogens with zero attached hydrogens (tertiary/aromatic N) is 3. The van der Waals surface area contributed by atoms with Crippen molar-refractivity contribution in [3.63, 3.8) is 0 Å². The number of benzene rings is 1. The van der Waals surface area contributed by atoms with Gasteiger partial charge < -0.3 is 5.32 Å². The van der Waals surface area contributed by atoms with Gasteiger partial charge in [0.05, 0.1) is 6.04 Å². The second kappa shape index (κ2) is 5.13. The van der Waals surface area contributed by atoms with Gasteiger partial charge in [-0.2, -0.15) is 4.98 Å². The number of pyridine rings is 1. The molecule has 102 valence electrons. The maximum atomic E-state index is 5.90. The maximum absolute atomic E-state index is 5.90. The first-order chi connectivity index (χ1) is 9.63. The van der Waals surface area contributed by atoms with E-state index in [0.717, 1.165) is 21.8 Å². The van der Waals surface area contributed by atoms with Crippen LogP contribution in [-0.4, -0.2) is 14.6 Å². The van der Waals surface area contributed by atoms with Gasteiger partial charge in [0.2, 0.25) is 5.95 Å². The quantitative estimate of drug-likeness (QED) is 0.795. The van der Waals surface area contributed by atoms with Gasteiger partial charge in [0.25, 0.3) is 0 Å². The molecule has 3 rings (SSSR count). The Bertz CT molecular complexity index is 733. The molecule has 0 aliphatic rings. The van der Waals surface area contributed by atoms with E-state index < -0.39 is 0 Å². The molecule has 0 amide bonds. The highest BCUT2D eigenvalue weighted by atomic mass is 35.5. The van der Waals surface area contributed by atoms with Crippen LogP contribution in [0.3, 0.4) is 0 Å². The highest BCUT2D eigenvalue weighted by Gasteiger charge is 2.10. The number of hydrogen-bond acceptors (Lipinski definition) is 3. The van der Waals surface area contributed by atoms with E-state index in [1.165, 1.54) is 0 Å². The molecule has 20 heavy (non-hydrogen) atoms. The molecule has 0 spiro atoms. The fraction of sp³-hybridized carbons (Fsp3) is 0.200. The van der Waals surface area contributed by atoms with Gasteiger partial charge in [-0.05, 0) is 43.2 Å².